The molecule has 2 fully saturated rings. The van der Waals surface area contributed by atoms with Crippen LogP contribution in [0.2, 0.25) is 0 Å². The van der Waals surface area contributed by atoms with Gasteiger partial charge < -0.3 is 44.1 Å². The molecule has 5 rings (SSSR count). The molecular weight excluding hydrogens is 670 g/mol. The minimum atomic E-state index is -4.18. The summed E-state index contributed by atoms with van der Waals surface area (Å²) in [6.45, 7) is 4.82. The summed E-state index contributed by atoms with van der Waals surface area (Å²) >= 11 is 0. The van der Waals surface area contributed by atoms with Crippen molar-refractivity contribution in [1.82, 2.24) is 14.5 Å². The van der Waals surface area contributed by atoms with Gasteiger partial charge in [-0.25, -0.2) is 18.0 Å². The van der Waals surface area contributed by atoms with Crippen LogP contribution in [-0.4, -0.2) is 111 Å². The molecule has 276 valence electrons. The number of carboxylic acid groups (broad SMARTS) is 1. The molecule has 0 spiro atoms. The van der Waals surface area contributed by atoms with Crippen molar-refractivity contribution in [3.63, 3.8) is 0 Å². The van der Waals surface area contributed by atoms with Gasteiger partial charge in [0.25, 0.3) is 0 Å². The van der Waals surface area contributed by atoms with Gasteiger partial charge in [-0.2, -0.15) is 4.31 Å². The number of aliphatic hydroxyl groups excluding tert-OH is 1. The van der Waals surface area contributed by atoms with Crippen molar-refractivity contribution in [2.24, 2.45) is 11.3 Å². The van der Waals surface area contributed by atoms with Gasteiger partial charge in [-0.3, -0.25) is 0 Å². The lowest BCUT2D eigenvalue weighted by molar-refractivity contribution is -0.0907. The monoisotopic (exact) mass is 719 g/mol. The highest BCUT2D eigenvalue weighted by Gasteiger charge is 2.44. The lowest BCUT2D eigenvalue weighted by atomic mass is 9.86. The number of amides is 2. The minimum Gasteiger partial charge on any atom is -0.465 e. The second-order valence-electron chi connectivity index (χ2n) is 14.0. The third-order valence-corrected chi connectivity index (χ3v) is 11.3. The van der Waals surface area contributed by atoms with E-state index in [2.05, 4.69) is 5.32 Å². The molecule has 50 heavy (non-hydrogen) atoms. The highest BCUT2D eigenvalue weighted by atomic mass is 32.2. The van der Waals surface area contributed by atoms with Gasteiger partial charge in [-0.15, -0.1) is 0 Å². The largest absolute Gasteiger partial charge is 0.465 e. The van der Waals surface area contributed by atoms with Crippen molar-refractivity contribution in [2.45, 2.75) is 81.8 Å². The van der Waals surface area contributed by atoms with E-state index in [1.165, 1.54) is 28.4 Å². The molecule has 15 heteroatoms. The molecule has 3 heterocycles. The van der Waals surface area contributed by atoms with Gasteiger partial charge in [0, 0.05) is 32.7 Å². The summed E-state index contributed by atoms with van der Waals surface area (Å²) in [5.74, 6) is 0.688. The zero-order valence-corrected chi connectivity index (χ0v) is 29.7. The van der Waals surface area contributed by atoms with Crippen LogP contribution in [0.4, 0.5) is 9.59 Å². The lowest BCUT2D eigenvalue weighted by Crippen LogP contribution is -2.52. The summed E-state index contributed by atoms with van der Waals surface area (Å²) in [5.41, 5.74) is 0.315. The Bertz CT molecular complexity index is 1560. The molecule has 5 atom stereocenters. The molecule has 0 unspecified atom stereocenters. The van der Waals surface area contributed by atoms with Crippen molar-refractivity contribution in [2.75, 3.05) is 46.7 Å². The average molecular weight is 720 g/mol. The maximum atomic E-state index is 14.3. The fourth-order valence-electron chi connectivity index (χ4n) is 6.57. The van der Waals surface area contributed by atoms with Crippen molar-refractivity contribution in [3.8, 4) is 11.5 Å². The number of fused-ring (bicyclic) bond motifs is 2. The van der Waals surface area contributed by atoms with Crippen LogP contribution >= 0.6 is 0 Å². The topological polar surface area (TPSA) is 173 Å². The predicted molar refractivity (Wildman–Crippen MR) is 181 cm³/mol. The highest BCUT2D eigenvalue weighted by molar-refractivity contribution is 7.89. The zero-order chi connectivity index (χ0) is 35.9. The molecule has 2 amide bonds. The number of benzene rings is 2. The second-order valence-corrected chi connectivity index (χ2v) is 15.9. The molecule has 2 saturated heterocycles. The standard InChI is InChI=1S/C35H49N3O11S/c1-35(2,15-8-5-9-16-37(3)34(41)42)22-38(50(43,44)25-12-13-29-30(19-25)48-23-47-29)20-28(39)27(18-24-10-6-4-7-11-24)36-33(40)49-31-21-46-32-26(31)14-17-45-32/h4,6-7,10-13,19,26-28,31-32,39H,5,8-9,14-18,20-23H2,1-3H3,(H,36,40)(H,41,42)/t26-,27-,28+,31-,32+/m0/s1. The first-order valence-corrected chi connectivity index (χ1v) is 18.5. The van der Waals surface area contributed by atoms with Crippen LogP contribution in [0.5, 0.6) is 11.5 Å². The summed E-state index contributed by atoms with van der Waals surface area (Å²) in [7, 11) is -2.65. The molecule has 0 radical (unpaired) electrons. The van der Waals surface area contributed by atoms with E-state index < -0.39 is 52.2 Å². The summed E-state index contributed by atoms with van der Waals surface area (Å²) in [6, 6.07) is 12.8. The molecule has 2 aromatic rings. The molecule has 0 saturated carbocycles. The van der Waals surface area contributed by atoms with Crippen molar-refractivity contribution in [1.29, 1.82) is 0 Å². The van der Waals surface area contributed by atoms with Crippen molar-refractivity contribution < 1.29 is 51.9 Å². The third-order valence-electron chi connectivity index (χ3n) is 9.46. The first-order chi connectivity index (χ1) is 23.8. The number of rotatable bonds is 17. The summed E-state index contributed by atoms with van der Waals surface area (Å²) < 4.78 is 57.6. The van der Waals surface area contributed by atoms with Crippen LogP contribution in [0.25, 0.3) is 0 Å². The van der Waals surface area contributed by atoms with E-state index in [1.54, 1.807) is 6.07 Å². The summed E-state index contributed by atoms with van der Waals surface area (Å²) in [4.78, 5) is 25.6. The third kappa shape index (κ3) is 9.78. The quantitative estimate of drug-likeness (QED) is 0.201. The van der Waals surface area contributed by atoms with Crippen LogP contribution in [-0.2, 0) is 30.7 Å². The van der Waals surface area contributed by atoms with Gasteiger partial charge in [0.2, 0.25) is 16.8 Å². The number of hydrogen-bond acceptors (Lipinski definition) is 10. The molecule has 14 nitrogen and oxygen atoms in total. The number of ether oxygens (including phenoxy) is 5. The second kappa shape index (κ2) is 16.6. The smallest absolute Gasteiger partial charge is 0.407 e. The Hall–Kier alpha value is -3.63. The number of carbonyl (C=O) groups excluding carboxylic acids is 1. The van der Waals surface area contributed by atoms with Gasteiger partial charge in [0.15, 0.2) is 17.8 Å². The Morgan fingerprint density at radius 2 is 1.82 bits per heavy atom. The number of aliphatic hydroxyl groups is 1. The van der Waals surface area contributed by atoms with Crippen LogP contribution in [0.3, 0.4) is 0 Å². The minimum absolute atomic E-state index is 0.0111. The Labute approximate surface area is 293 Å². The first kappa shape index (κ1) is 37.6. The van der Waals surface area contributed by atoms with Crippen LogP contribution in [0.1, 0.15) is 51.5 Å². The number of carbonyl (C=O) groups is 2. The average Bonchev–Trinajstić information content (AvgIpc) is 3.83. The maximum Gasteiger partial charge on any atom is 0.407 e. The van der Waals surface area contributed by atoms with Gasteiger partial charge >= 0.3 is 12.2 Å². The van der Waals surface area contributed by atoms with Gasteiger partial charge in [0.1, 0.15) is 6.10 Å². The van der Waals surface area contributed by atoms with Crippen molar-refractivity contribution in [3.05, 3.63) is 54.1 Å². The number of hydrogen-bond donors (Lipinski definition) is 3. The predicted octanol–water partition coefficient (Wildman–Crippen LogP) is 4.06. The number of nitrogens with zero attached hydrogens (tertiary/aromatic N) is 2. The fraction of sp³-hybridized carbons (Fsp3) is 0.600. The number of alkyl carbamates (subject to hydrolysis) is 1. The highest BCUT2D eigenvalue weighted by Crippen LogP contribution is 2.36. The van der Waals surface area contributed by atoms with E-state index in [4.69, 9.17) is 28.8 Å². The molecule has 0 aromatic heterocycles. The van der Waals surface area contributed by atoms with Crippen molar-refractivity contribution >= 4 is 22.2 Å². The summed E-state index contributed by atoms with van der Waals surface area (Å²) in [6.07, 6.45) is -0.144. The van der Waals surface area contributed by atoms with Gasteiger partial charge in [0.05, 0.1) is 36.2 Å². The zero-order valence-electron chi connectivity index (χ0n) is 28.9. The van der Waals surface area contributed by atoms with Gasteiger partial charge in [-0.05, 0) is 48.8 Å². The Kier molecular flexibility index (Phi) is 12.5. The molecule has 3 aliphatic rings. The summed E-state index contributed by atoms with van der Waals surface area (Å²) in [5, 5.41) is 23.7. The Morgan fingerprint density at radius 1 is 1.06 bits per heavy atom. The van der Waals surface area contributed by atoms with E-state index in [9.17, 15) is 23.1 Å². The first-order valence-electron chi connectivity index (χ1n) is 17.1. The Morgan fingerprint density at radius 3 is 2.58 bits per heavy atom. The van der Waals surface area contributed by atoms with Gasteiger partial charge in [-0.1, -0.05) is 57.0 Å². The van der Waals surface area contributed by atoms with Crippen LogP contribution in [0, 0.1) is 11.3 Å². The number of nitrogens with one attached hydrogen (secondary N) is 1. The number of sulfonamides is 1. The molecule has 3 aliphatic heterocycles. The molecule has 0 aliphatic carbocycles. The number of unbranched alkanes of at least 4 members (excludes halogenated alkanes) is 2. The molecular formula is C35H49N3O11S. The van der Waals surface area contributed by atoms with E-state index >= 15 is 0 Å². The van der Waals surface area contributed by atoms with E-state index in [-0.39, 0.29) is 43.7 Å². The SMILES string of the molecule is CN(CCCCCC(C)(C)CN(C[C@@H](O)[C@H](Cc1ccccc1)NC(=O)O[C@H]1CO[C@H]2OCC[C@H]21)S(=O)(=O)c1ccc2c(c1)OCO2)C(=O)O. The van der Waals surface area contributed by atoms with Crippen LogP contribution < -0.4 is 14.8 Å². The van der Waals surface area contributed by atoms with Crippen LogP contribution in [0.15, 0.2) is 53.4 Å². The molecule has 3 N–H and O–H groups in total. The van der Waals surface area contributed by atoms with E-state index in [1.807, 2.05) is 44.2 Å². The molecule has 0 bridgehead atoms. The fourth-order valence-corrected chi connectivity index (χ4v) is 8.24. The van der Waals surface area contributed by atoms with E-state index in [0.29, 0.717) is 43.9 Å². The Balaban J connectivity index is 1.33. The van der Waals surface area contributed by atoms with E-state index in [0.717, 1.165) is 18.4 Å². The maximum absolute atomic E-state index is 14.3. The molecule has 2 aromatic carbocycles. The lowest BCUT2D eigenvalue weighted by Gasteiger charge is -2.35. The normalized spacial score (nSPS) is 21.1.